The van der Waals surface area contributed by atoms with Crippen molar-refractivity contribution in [1.29, 1.82) is 0 Å². The van der Waals surface area contributed by atoms with Crippen LogP contribution in [0.4, 0.5) is 0 Å². The maximum atomic E-state index is 13.0. The molecule has 4 aliphatic rings. The highest BCUT2D eigenvalue weighted by molar-refractivity contribution is 5.92. The van der Waals surface area contributed by atoms with E-state index in [-0.39, 0.29) is 18.3 Å². The van der Waals surface area contributed by atoms with Gasteiger partial charge in [-0.15, -0.1) is 12.4 Å². The van der Waals surface area contributed by atoms with Crippen LogP contribution in [-0.4, -0.2) is 63.4 Å². The zero-order valence-electron chi connectivity index (χ0n) is 14.9. The number of likely N-dealkylation sites (tertiary alicyclic amines) is 1. The fourth-order valence-electron chi connectivity index (χ4n) is 5.23. The second-order valence-corrected chi connectivity index (χ2v) is 7.99. The van der Waals surface area contributed by atoms with E-state index in [1.165, 1.54) is 0 Å². The number of hydrogen-bond acceptors (Lipinski definition) is 4. The first-order valence-corrected chi connectivity index (χ1v) is 9.54. The summed E-state index contributed by atoms with van der Waals surface area (Å²) in [7, 11) is 0. The van der Waals surface area contributed by atoms with Crippen LogP contribution >= 0.6 is 12.4 Å². The summed E-state index contributed by atoms with van der Waals surface area (Å²) in [6, 6.07) is 0.340. The average Bonchev–Trinajstić information content (AvgIpc) is 3.06. The molecule has 0 radical (unpaired) electrons. The molecule has 1 aromatic heterocycles. The number of halogens is 1. The summed E-state index contributed by atoms with van der Waals surface area (Å²) < 4.78 is 2.09. The Morgan fingerprint density at radius 2 is 2.15 bits per heavy atom. The minimum absolute atomic E-state index is 0. The molecular formula is C18H26ClN5O2. The van der Waals surface area contributed by atoms with Gasteiger partial charge in [0, 0.05) is 51.4 Å². The van der Waals surface area contributed by atoms with Gasteiger partial charge in [-0.2, -0.15) is 0 Å². The monoisotopic (exact) mass is 379 g/mol. The van der Waals surface area contributed by atoms with Crippen molar-refractivity contribution in [2.24, 2.45) is 11.8 Å². The van der Waals surface area contributed by atoms with Crippen LogP contribution < -0.4 is 5.32 Å². The Morgan fingerprint density at radius 3 is 3.00 bits per heavy atom. The standard InChI is InChI=1S/C18H25N5O2.ClH/c24-17-3-1-2-15-13-6-12(9-23(15)17)8-22(10-13)18(25)14-11-21-5-4-19-7-16(21)20-14;/h11-13,15,19H,1-10H2;1H/t12-,13-,15+;/m1./s1. The Kier molecular flexibility index (Phi) is 4.69. The van der Waals surface area contributed by atoms with E-state index in [1.54, 1.807) is 0 Å². The first-order chi connectivity index (χ1) is 12.2. The Balaban J connectivity index is 0.00000168. The zero-order chi connectivity index (χ0) is 17.0. The number of nitrogens with zero attached hydrogens (tertiary/aromatic N) is 4. The lowest BCUT2D eigenvalue weighted by Gasteiger charge is -2.52. The molecule has 3 atom stereocenters. The molecule has 2 amide bonds. The first kappa shape index (κ1) is 17.8. The Labute approximate surface area is 159 Å². The first-order valence-electron chi connectivity index (χ1n) is 9.54. The predicted octanol–water partition coefficient (Wildman–Crippen LogP) is 0.881. The summed E-state index contributed by atoms with van der Waals surface area (Å²) in [6.45, 7) is 4.89. The Hall–Kier alpha value is -1.60. The molecule has 3 saturated heterocycles. The minimum Gasteiger partial charge on any atom is -0.339 e. The van der Waals surface area contributed by atoms with E-state index in [0.717, 1.165) is 64.4 Å². The third kappa shape index (κ3) is 2.91. The third-order valence-corrected chi connectivity index (χ3v) is 6.36. The number of imidazole rings is 1. The fourth-order valence-corrected chi connectivity index (χ4v) is 5.23. The van der Waals surface area contributed by atoms with E-state index in [2.05, 4.69) is 19.8 Å². The van der Waals surface area contributed by atoms with Crippen LogP contribution in [0.15, 0.2) is 6.20 Å². The quantitative estimate of drug-likeness (QED) is 0.786. The zero-order valence-corrected chi connectivity index (χ0v) is 15.7. The van der Waals surface area contributed by atoms with Gasteiger partial charge in [0.05, 0.1) is 6.54 Å². The highest BCUT2D eigenvalue weighted by atomic mass is 35.5. The van der Waals surface area contributed by atoms with Gasteiger partial charge in [0.25, 0.3) is 5.91 Å². The topological polar surface area (TPSA) is 70.5 Å². The maximum absolute atomic E-state index is 13.0. The Morgan fingerprint density at radius 1 is 1.27 bits per heavy atom. The second kappa shape index (κ2) is 6.85. The van der Waals surface area contributed by atoms with Gasteiger partial charge >= 0.3 is 0 Å². The number of hydrogen-bond donors (Lipinski definition) is 1. The lowest BCUT2D eigenvalue weighted by atomic mass is 9.76. The number of fused-ring (bicyclic) bond motifs is 5. The van der Waals surface area contributed by atoms with Crippen molar-refractivity contribution in [2.45, 2.75) is 44.8 Å². The van der Waals surface area contributed by atoms with Crippen LogP contribution in [0.2, 0.25) is 0 Å². The van der Waals surface area contributed by atoms with Gasteiger partial charge in [-0.3, -0.25) is 9.59 Å². The molecule has 4 aliphatic heterocycles. The van der Waals surface area contributed by atoms with Gasteiger partial charge in [0.1, 0.15) is 11.5 Å². The van der Waals surface area contributed by atoms with E-state index in [9.17, 15) is 9.59 Å². The van der Waals surface area contributed by atoms with E-state index in [0.29, 0.717) is 35.9 Å². The van der Waals surface area contributed by atoms with Gasteiger partial charge in [-0.25, -0.2) is 4.98 Å². The molecule has 1 N–H and O–H groups in total. The molecule has 142 valence electrons. The molecule has 7 nitrogen and oxygen atoms in total. The Bertz CT molecular complexity index is 697. The number of rotatable bonds is 1. The van der Waals surface area contributed by atoms with E-state index in [4.69, 9.17) is 0 Å². The minimum atomic E-state index is 0. The second-order valence-electron chi connectivity index (χ2n) is 7.99. The molecule has 1 aromatic rings. The highest BCUT2D eigenvalue weighted by Gasteiger charge is 2.45. The average molecular weight is 380 g/mol. The van der Waals surface area contributed by atoms with Crippen molar-refractivity contribution in [3.8, 4) is 0 Å². The summed E-state index contributed by atoms with van der Waals surface area (Å²) in [5, 5.41) is 3.29. The lowest BCUT2D eigenvalue weighted by Crippen LogP contribution is -2.61. The van der Waals surface area contributed by atoms with Crippen LogP contribution in [0.1, 0.15) is 42.0 Å². The van der Waals surface area contributed by atoms with Crippen LogP contribution in [0, 0.1) is 11.8 Å². The summed E-state index contributed by atoms with van der Waals surface area (Å²) in [5.74, 6) is 2.18. The van der Waals surface area contributed by atoms with Crippen LogP contribution in [-0.2, 0) is 17.9 Å². The van der Waals surface area contributed by atoms with Crippen molar-refractivity contribution < 1.29 is 9.59 Å². The van der Waals surface area contributed by atoms with E-state index >= 15 is 0 Å². The van der Waals surface area contributed by atoms with Crippen molar-refractivity contribution in [3.63, 3.8) is 0 Å². The summed E-state index contributed by atoms with van der Waals surface area (Å²) >= 11 is 0. The molecule has 3 fully saturated rings. The summed E-state index contributed by atoms with van der Waals surface area (Å²) in [4.78, 5) is 33.9. The van der Waals surface area contributed by atoms with Gasteiger partial charge in [-0.1, -0.05) is 0 Å². The largest absolute Gasteiger partial charge is 0.339 e. The number of aromatic nitrogens is 2. The van der Waals surface area contributed by atoms with Crippen molar-refractivity contribution in [3.05, 3.63) is 17.7 Å². The third-order valence-electron chi connectivity index (χ3n) is 6.36. The van der Waals surface area contributed by atoms with Crippen molar-refractivity contribution >= 4 is 24.2 Å². The molecule has 2 bridgehead atoms. The van der Waals surface area contributed by atoms with Gasteiger partial charge in [-0.05, 0) is 31.1 Å². The SMILES string of the molecule is Cl.O=C(c1cn2c(n1)CNCC2)N1C[C@H]2C[C@H](C1)[C@@H]1CCCC(=O)N1C2. The predicted molar refractivity (Wildman–Crippen MR) is 98.0 cm³/mol. The number of carbonyl (C=O) groups is 2. The molecule has 0 unspecified atom stereocenters. The van der Waals surface area contributed by atoms with Crippen molar-refractivity contribution in [2.75, 3.05) is 26.2 Å². The number of amides is 2. The van der Waals surface area contributed by atoms with Crippen LogP contribution in [0.25, 0.3) is 0 Å². The highest BCUT2D eigenvalue weighted by Crippen LogP contribution is 2.38. The molecule has 0 aliphatic carbocycles. The normalized spacial score (nSPS) is 30.3. The van der Waals surface area contributed by atoms with Crippen LogP contribution in [0.5, 0.6) is 0 Å². The lowest BCUT2D eigenvalue weighted by molar-refractivity contribution is -0.144. The maximum Gasteiger partial charge on any atom is 0.274 e. The van der Waals surface area contributed by atoms with Crippen LogP contribution in [0.3, 0.4) is 0 Å². The molecule has 0 aromatic carbocycles. The number of piperidine rings is 3. The summed E-state index contributed by atoms with van der Waals surface area (Å²) in [6.07, 6.45) is 5.86. The van der Waals surface area contributed by atoms with Crippen molar-refractivity contribution in [1.82, 2.24) is 24.7 Å². The molecule has 5 rings (SSSR count). The number of carbonyl (C=O) groups excluding carboxylic acids is 2. The smallest absolute Gasteiger partial charge is 0.274 e. The van der Waals surface area contributed by atoms with Gasteiger partial charge in [0.2, 0.25) is 5.91 Å². The molecule has 26 heavy (non-hydrogen) atoms. The molecule has 8 heteroatoms. The number of nitrogens with one attached hydrogen (secondary N) is 1. The van der Waals surface area contributed by atoms with E-state index in [1.807, 2.05) is 11.1 Å². The van der Waals surface area contributed by atoms with Gasteiger partial charge in [0.15, 0.2) is 0 Å². The molecule has 0 spiro atoms. The molecule has 0 saturated carbocycles. The fraction of sp³-hybridized carbons (Fsp3) is 0.722. The van der Waals surface area contributed by atoms with Gasteiger partial charge < -0.3 is 19.7 Å². The molecule has 5 heterocycles. The van der Waals surface area contributed by atoms with E-state index < -0.39 is 0 Å². The molecular weight excluding hydrogens is 354 g/mol. The summed E-state index contributed by atoms with van der Waals surface area (Å²) in [5.41, 5.74) is 0.579.